The van der Waals surface area contributed by atoms with Gasteiger partial charge in [0.2, 0.25) is 0 Å². The van der Waals surface area contributed by atoms with Crippen molar-refractivity contribution in [3.63, 3.8) is 0 Å². The van der Waals surface area contributed by atoms with E-state index in [0.29, 0.717) is 35.6 Å². The number of amides is 4. The lowest BCUT2D eigenvalue weighted by Gasteiger charge is -2.23. The third kappa shape index (κ3) is 9.80. The second kappa shape index (κ2) is 14.1. The van der Waals surface area contributed by atoms with E-state index in [9.17, 15) is 19.5 Å². The fourth-order valence-electron chi connectivity index (χ4n) is 3.73. The van der Waals surface area contributed by atoms with Gasteiger partial charge < -0.3 is 30.3 Å². The number of aliphatic hydroxyl groups excluding tert-OH is 1. The number of aromatic nitrogens is 1. The van der Waals surface area contributed by atoms with Crippen molar-refractivity contribution in [2.45, 2.75) is 39.3 Å². The van der Waals surface area contributed by atoms with Crippen molar-refractivity contribution in [2.24, 2.45) is 0 Å². The number of rotatable bonds is 10. The average Bonchev–Trinajstić information content (AvgIpc) is 2.91. The van der Waals surface area contributed by atoms with Crippen LogP contribution < -0.4 is 20.9 Å². The van der Waals surface area contributed by atoms with Crippen molar-refractivity contribution in [2.75, 3.05) is 48.1 Å². The minimum Gasteiger partial charge on any atom is -0.444 e. The van der Waals surface area contributed by atoms with Crippen LogP contribution in [0.5, 0.6) is 0 Å². The molecule has 0 aliphatic rings. The Labute approximate surface area is 240 Å². The van der Waals surface area contributed by atoms with Gasteiger partial charge in [0.15, 0.2) is 0 Å². The molecule has 0 bridgehead atoms. The van der Waals surface area contributed by atoms with Gasteiger partial charge in [-0.2, -0.15) is 0 Å². The van der Waals surface area contributed by atoms with Crippen LogP contribution in [0.15, 0.2) is 66.9 Å². The number of pyridine rings is 1. The number of nitrogens with one attached hydrogen (secondary N) is 3. The van der Waals surface area contributed by atoms with E-state index in [0.717, 1.165) is 5.69 Å². The van der Waals surface area contributed by atoms with Gasteiger partial charge in [0.1, 0.15) is 11.3 Å². The monoisotopic (exact) mass is 562 g/mol. The molecule has 0 radical (unpaired) electrons. The second-order valence-corrected chi connectivity index (χ2v) is 10.5. The van der Waals surface area contributed by atoms with Gasteiger partial charge in [-0.25, -0.2) is 9.59 Å². The molecule has 0 spiro atoms. The Morgan fingerprint density at radius 3 is 2.12 bits per heavy atom. The fourth-order valence-corrected chi connectivity index (χ4v) is 3.73. The van der Waals surface area contributed by atoms with Crippen LogP contribution in [0.25, 0.3) is 0 Å². The minimum atomic E-state index is -0.667. The molecule has 3 aromatic rings. The Bertz CT molecular complexity index is 1320. The summed E-state index contributed by atoms with van der Waals surface area (Å²) in [4.78, 5) is 45.9. The molecule has 4 N–H and O–H groups in total. The fraction of sp³-hybridized carbons (Fsp3) is 0.333. The summed E-state index contributed by atoms with van der Waals surface area (Å²) in [6, 6.07) is 17.2. The molecule has 11 heteroatoms. The van der Waals surface area contributed by atoms with Gasteiger partial charge in [0, 0.05) is 51.4 Å². The van der Waals surface area contributed by atoms with Crippen LogP contribution in [-0.4, -0.2) is 65.9 Å². The van der Waals surface area contributed by atoms with Crippen molar-refractivity contribution in [1.29, 1.82) is 0 Å². The number of ether oxygens (including phenoxy) is 1. The van der Waals surface area contributed by atoms with Crippen LogP contribution in [0.2, 0.25) is 0 Å². The van der Waals surface area contributed by atoms with Crippen molar-refractivity contribution in [1.82, 2.24) is 9.88 Å². The Balaban J connectivity index is 1.65. The molecule has 1 heterocycles. The molecule has 0 atom stereocenters. The van der Waals surface area contributed by atoms with Gasteiger partial charge in [0.05, 0.1) is 11.4 Å². The van der Waals surface area contributed by atoms with Crippen LogP contribution in [0.4, 0.5) is 32.3 Å². The first kappa shape index (κ1) is 30.9. The van der Waals surface area contributed by atoms with Crippen molar-refractivity contribution in [3.8, 4) is 0 Å². The molecule has 4 amide bonds. The second-order valence-electron chi connectivity index (χ2n) is 10.5. The number of aliphatic hydroxyl groups is 1. The van der Waals surface area contributed by atoms with E-state index in [4.69, 9.17) is 4.74 Å². The molecule has 0 saturated heterocycles. The summed E-state index contributed by atoms with van der Waals surface area (Å²) in [5, 5.41) is 17.6. The molecule has 0 aliphatic heterocycles. The summed E-state index contributed by atoms with van der Waals surface area (Å²) in [6.07, 6.45) is 1.31. The van der Waals surface area contributed by atoms with Gasteiger partial charge in [-0.15, -0.1) is 0 Å². The number of hydrogen-bond acceptors (Lipinski definition) is 7. The third-order valence-electron chi connectivity index (χ3n) is 5.75. The van der Waals surface area contributed by atoms with Crippen LogP contribution in [0.3, 0.4) is 0 Å². The smallest absolute Gasteiger partial charge is 0.412 e. The Morgan fingerprint density at radius 1 is 0.902 bits per heavy atom. The zero-order chi connectivity index (χ0) is 30.0. The van der Waals surface area contributed by atoms with E-state index >= 15 is 0 Å². The van der Waals surface area contributed by atoms with Crippen molar-refractivity contribution in [3.05, 3.63) is 78.1 Å². The summed E-state index contributed by atoms with van der Waals surface area (Å²) in [7, 11) is 3.88. The summed E-state index contributed by atoms with van der Waals surface area (Å²) >= 11 is 0. The highest BCUT2D eigenvalue weighted by molar-refractivity contribution is 6.05. The number of benzene rings is 2. The molecule has 11 nitrogen and oxygen atoms in total. The molecule has 1 aromatic heterocycles. The van der Waals surface area contributed by atoms with Crippen LogP contribution in [0.1, 0.15) is 43.2 Å². The lowest BCUT2D eigenvalue weighted by Crippen LogP contribution is -2.35. The molecule has 41 heavy (non-hydrogen) atoms. The molecule has 3 rings (SSSR count). The Kier molecular flexibility index (Phi) is 10.6. The quantitative estimate of drug-likeness (QED) is 0.268. The normalized spacial score (nSPS) is 10.9. The third-order valence-corrected chi connectivity index (χ3v) is 5.75. The summed E-state index contributed by atoms with van der Waals surface area (Å²) in [5.41, 5.74) is 2.64. The largest absolute Gasteiger partial charge is 0.444 e. The summed E-state index contributed by atoms with van der Waals surface area (Å²) in [6.45, 7) is 5.80. The minimum absolute atomic E-state index is 0.0526. The lowest BCUT2D eigenvalue weighted by molar-refractivity contribution is 0.0635. The van der Waals surface area contributed by atoms with E-state index in [1.165, 1.54) is 6.20 Å². The maximum absolute atomic E-state index is 13.0. The predicted molar refractivity (Wildman–Crippen MR) is 160 cm³/mol. The number of anilines is 4. The molecule has 0 aliphatic carbocycles. The molecule has 0 unspecified atom stereocenters. The molecular formula is C30H38N6O5. The van der Waals surface area contributed by atoms with E-state index in [1.54, 1.807) is 62.1 Å². The zero-order valence-corrected chi connectivity index (χ0v) is 24.1. The zero-order valence-electron chi connectivity index (χ0n) is 24.1. The lowest BCUT2D eigenvalue weighted by atomic mass is 10.2. The predicted octanol–water partition coefficient (Wildman–Crippen LogP) is 5.16. The Hall–Kier alpha value is -4.64. The maximum atomic E-state index is 13.0. The van der Waals surface area contributed by atoms with Gasteiger partial charge in [-0.3, -0.25) is 15.1 Å². The molecule has 0 saturated carbocycles. The van der Waals surface area contributed by atoms with Gasteiger partial charge in [-0.05, 0) is 75.2 Å². The highest BCUT2D eigenvalue weighted by Crippen LogP contribution is 2.23. The van der Waals surface area contributed by atoms with Crippen LogP contribution in [0, 0.1) is 0 Å². The summed E-state index contributed by atoms with van der Waals surface area (Å²) < 4.78 is 5.30. The highest BCUT2D eigenvalue weighted by atomic mass is 16.6. The van der Waals surface area contributed by atoms with Crippen LogP contribution >= 0.6 is 0 Å². The van der Waals surface area contributed by atoms with Crippen LogP contribution in [-0.2, 0) is 11.3 Å². The average molecular weight is 563 g/mol. The molecule has 2 aromatic carbocycles. The number of hydrogen-bond donors (Lipinski definition) is 4. The van der Waals surface area contributed by atoms with Crippen molar-refractivity contribution < 1.29 is 24.2 Å². The van der Waals surface area contributed by atoms with Gasteiger partial charge in [-0.1, -0.05) is 18.2 Å². The number of carbonyl (C=O) groups is 3. The molecular weight excluding hydrogens is 524 g/mol. The van der Waals surface area contributed by atoms with E-state index in [1.807, 2.05) is 43.3 Å². The topological polar surface area (TPSA) is 136 Å². The number of carbonyl (C=O) groups excluding carboxylic acids is 3. The van der Waals surface area contributed by atoms with Gasteiger partial charge >= 0.3 is 12.1 Å². The van der Waals surface area contributed by atoms with E-state index in [-0.39, 0.29) is 24.9 Å². The first-order valence-electron chi connectivity index (χ1n) is 13.2. The van der Waals surface area contributed by atoms with E-state index in [2.05, 4.69) is 20.9 Å². The van der Waals surface area contributed by atoms with Gasteiger partial charge in [0.25, 0.3) is 5.91 Å². The number of urea groups is 1. The maximum Gasteiger partial charge on any atom is 0.412 e. The summed E-state index contributed by atoms with van der Waals surface area (Å²) in [5.74, 6) is -0.467. The molecule has 218 valence electrons. The molecule has 0 fully saturated rings. The SMILES string of the molecule is CN(C)c1ccc(NC(=O)N(CCCO)Cc2ccc(C(=O)Nc3ccccc3NC(=O)OC(C)(C)C)nc2)cc1. The highest BCUT2D eigenvalue weighted by Gasteiger charge is 2.19. The number of nitrogens with zero attached hydrogens (tertiary/aromatic N) is 3. The Morgan fingerprint density at radius 2 is 1.56 bits per heavy atom. The van der Waals surface area contributed by atoms with Crippen molar-refractivity contribution >= 4 is 40.8 Å². The standard InChI is InChI=1S/C30H38N6O5/c1-30(2,3)41-29(40)34-25-10-7-6-9-24(25)33-27(38)26-16-11-21(19-31-26)20-36(17-8-18-37)28(39)32-22-12-14-23(15-13-22)35(4)5/h6-7,9-16,19,37H,8,17-18,20H2,1-5H3,(H,32,39)(H,33,38)(H,34,40). The first-order chi connectivity index (χ1) is 19.4. The van der Waals surface area contributed by atoms with E-state index < -0.39 is 17.6 Å². The first-order valence-corrected chi connectivity index (χ1v) is 13.2. The number of para-hydroxylation sites is 2.